The van der Waals surface area contributed by atoms with Gasteiger partial charge >= 0.3 is 0 Å². The van der Waals surface area contributed by atoms with Gasteiger partial charge in [-0.2, -0.15) is 0 Å². The minimum atomic E-state index is 0.553. The van der Waals surface area contributed by atoms with E-state index in [-0.39, 0.29) is 0 Å². The molecule has 0 aliphatic rings. The summed E-state index contributed by atoms with van der Waals surface area (Å²) >= 11 is 6.13. The highest BCUT2D eigenvalue weighted by Gasteiger charge is 2.06. The molecule has 3 N–H and O–H groups in total. The monoisotopic (exact) mass is 277 g/mol. The molecule has 0 aliphatic heterocycles. The lowest BCUT2D eigenvalue weighted by atomic mass is 10.2. The number of benzene rings is 1. The topological polar surface area (TPSA) is 67.1 Å². The van der Waals surface area contributed by atoms with Gasteiger partial charge in [0.15, 0.2) is 5.82 Å². The maximum absolute atomic E-state index is 6.13. The minimum absolute atomic E-state index is 0.553. The molecule has 2 aromatic rings. The van der Waals surface area contributed by atoms with Gasteiger partial charge in [-0.1, -0.05) is 29.8 Å². The summed E-state index contributed by atoms with van der Waals surface area (Å²) in [5.41, 5.74) is 4.43. The zero-order valence-corrected chi connectivity index (χ0v) is 11.4. The van der Waals surface area contributed by atoms with Gasteiger partial charge in [-0.3, -0.25) is 9.88 Å². The van der Waals surface area contributed by atoms with Crippen LogP contribution in [0.3, 0.4) is 0 Å². The SMILES string of the molecule is CN(Cc1cnc(NN)cn1)Cc1ccccc1Cl. The minimum Gasteiger partial charge on any atom is -0.307 e. The van der Waals surface area contributed by atoms with Crippen LogP contribution >= 0.6 is 11.6 Å². The number of anilines is 1. The van der Waals surface area contributed by atoms with E-state index < -0.39 is 0 Å². The van der Waals surface area contributed by atoms with E-state index in [1.165, 1.54) is 0 Å². The first-order valence-electron chi connectivity index (χ1n) is 5.88. The maximum Gasteiger partial charge on any atom is 0.158 e. The summed E-state index contributed by atoms with van der Waals surface area (Å²) in [6, 6.07) is 7.82. The van der Waals surface area contributed by atoms with E-state index in [4.69, 9.17) is 17.4 Å². The summed E-state index contributed by atoms with van der Waals surface area (Å²) in [5.74, 6) is 5.80. The molecule has 0 spiro atoms. The van der Waals surface area contributed by atoms with Gasteiger partial charge in [0.25, 0.3) is 0 Å². The fraction of sp³-hybridized carbons (Fsp3) is 0.231. The Hall–Kier alpha value is -1.69. The standard InChI is InChI=1S/C13H16ClN5/c1-19(8-10-4-2-3-5-12(10)14)9-11-6-17-13(18-15)7-16-11/h2-7H,8-9,15H2,1H3,(H,17,18). The van der Waals surface area contributed by atoms with Crippen molar-refractivity contribution in [1.29, 1.82) is 0 Å². The highest BCUT2D eigenvalue weighted by atomic mass is 35.5. The van der Waals surface area contributed by atoms with Crippen LogP contribution in [0.1, 0.15) is 11.3 Å². The first-order chi connectivity index (χ1) is 9.19. The van der Waals surface area contributed by atoms with Crippen LogP contribution in [0.4, 0.5) is 5.82 Å². The number of hydrazine groups is 1. The molecule has 2 rings (SSSR count). The molecule has 0 bridgehead atoms. The maximum atomic E-state index is 6.13. The van der Waals surface area contributed by atoms with Crippen molar-refractivity contribution in [3.8, 4) is 0 Å². The van der Waals surface area contributed by atoms with E-state index in [0.717, 1.165) is 22.8 Å². The normalized spacial score (nSPS) is 10.7. The molecule has 1 heterocycles. The number of hydrogen-bond acceptors (Lipinski definition) is 5. The Labute approximate surface area is 117 Å². The number of nitrogens with two attached hydrogens (primary N) is 1. The third-order valence-corrected chi connectivity index (χ3v) is 3.05. The van der Waals surface area contributed by atoms with E-state index in [1.807, 2.05) is 31.3 Å². The van der Waals surface area contributed by atoms with E-state index in [0.29, 0.717) is 12.4 Å². The summed E-state index contributed by atoms with van der Waals surface area (Å²) < 4.78 is 0. The van der Waals surface area contributed by atoms with Crippen LogP contribution in [-0.2, 0) is 13.1 Å². The van der Waals surface area contributed by atoms with Crippen molar-refractivity contribution >= 4 is 17.4 Å². The van der Waals surface area contributed by atoms with Gasteiger partial charge in [0.2, 0.25) is 0 Å². The predicted molar refractivity (Wildman–Crippen MR) is 76.5 cm³/mol. The van der Waals surface area contributed by atoms with E-state index in [1.54, 1.807) is 12.4 Å². The number of nitrogen functional groups attached to an aromatic ring is 1. The highest BCUT2D eigenvalue weighted by Crippen LogP contribution is 2.17. The first kappa shape index (κ1) is 13.7. The second-order valence-corrected chi connectivity index (χ2v) is 4.71. The molecule has 0 saturated carbocycles. The van der Waals surface area contributed by atoms with Gasteiger partial charge in [0.1, 0.15) is 0 Å². The van der Waals surface area contributed by atoms with Crippen molar-refractivity contribution in [2.45, 2.75) is 13.1 Å². The summed E-state index contributed by atoms with van der Waals surface area (Å²) in [5, 5.41) is 0.781. The number of hydrogen-bond donors (Lipinski definition) is 2. The van der Waals surface area contributed by atoms with Gasteiger partial charge in [-0.05, 0) is 18.7 Å². The number of aromatic nitrogens is 2. The average Bonchev–Trinajstić information content (AvgIpc) is 2.42. The molecule has 0 unspecified atom stereocenters. The number of halogens is 1. The smallest absolute Gasteiger partial charge is 0.158 e. The first-order valence-corrected chi connectivity index (χ1v) is 6.26. The predicted octanol–water partition coefficient (Wildman–Crippen LogP) is 2.05. The third-order valence-electron chi connectivity index (χ3n) is 2.68. The molecule has 6 heteroatoms. The Balaban J connectivity index is 1.97. The second kappa shape index (κ2) is 6.47. The largest absolute Gasteiger partial charge is 0.307 e. The molecule has 1 aromatic heterocycles. The van der Waals surface area contributed by atoms with E-state index in [9.17, 15) is 0 Å². The fourth-order valence-corrected chi connectivity index (χ4v) is 1.96. The molecule has 0 radical (unpaired) electrons. The van der Waals surface area contributed by atoms with Crippen molar-refractivity contribution in [2.75, 3.05) is 12.5 Å². The van der Waals surface area contributed by atoms with E-state index in [2.05, 4.69) is 20.3 Å². The van der Waals surface area contributed by atoms with Gasteiger partial charge in [0, 0.05) is 18.1 Å². The molecular formula is C13H16ClN5. The van der Waals surface area contributed by atoms with Crippen LogP contribution in [0.25, 0.3) is 0 Å². The zero-order chi connectivity index (χ0) is 13.7. The molecular weight excluding hydrogens is 262 g/mol. The van der Waals surface area contributed by atoms with Gasteiger partial charge in [0.05, 0.1) is 18.1 Å². The van der Waals surface area contributed by atoms with Gasteiger partial charge in [-0.25, -0.2) is 10.8 Å². The van der Waals surface area contributed by atoms with E-state index >= 15 is 0 Å². The Morgan fingerprint density at radius 1 is 1.21 bits per heavy atom. The summed E-state index contributed by atoms with van der Waals surface area (Å²) in [4.78, 5) is 10.5. The van der Waals surface area contributed by atoms with Gasteiger partial charge < -0.3 is 5.43 Å². The molecule has 100 valence electrons. The summed E-state index contributed by atoms with van der Waals surface area (Å²) in [6.07, 6.45) is 3.32. The molecule has 0 saturated heterocycles. The Morgan fingerprint density at radius 2 is 2.00 bits per heavy atom. The Bertz CT molecular complexity index is 529. The lowest BCUT2D eigenvalue weighted by Crippen LogP contribution is -2.18. The van der Waals surface area contributed by atoms with Crippen molar-refractivity contribution in [3.63, 3.8) is 0 Å². The fourth-order valence-electron chi connectivity index (χ4n) is 1.76. The van der Waals surface area contributed by atoms with Gasteiger partial charge in [-0.15, -0.1) is 0 Å². The molecule has 0 atom stereocenters. The van der Waals surface area contributed by atoms with Crippen LogP contribution in [0.15, 0.2) is 36.7 Å². The summed E-state index contributed by atoms with van der Waals surface area (Å²) in [7, 11) is 2.01. The molecule has 0 fully saturated rings. The van der Waals surface area contributed by atoms with Crippen LogP contribution < -0.4 is 11.3 Å². The molecule has 1 aromatic carbocycles. The number of rotatable bonds is 5. The average molecular weight is 278 g/mol. The van der Waals surface area contributed by atoms with Crippen LogP contribution in [0, 0.1) is 0 Å². The zero-order valence-electron chi connectivity index (χ0n) is 10.7. The lowest BCUT2D eigenvalue weighted by Gasteiger charge is -2.16. The van der Waals surface area contributed by atoms with Crippen molar-refractivity contribution in [1.82, 2.24) is 14.9 Å². The van der Waals surface area contributed by atoms with Crippen LogP contribution in [0.5, 0.6) is 0 Å². The lowest BCUT2D eigenvalue weighted by molar-refractivity contribution is 0.314. The molecule has 19 heavy (non-hydrogen) atoms. The quantitative estimate of drug-likeness (QED) is 0.647. The molecule has 0 amide bonds. The molecule has 0 aliphatic carbocycles. The highest BCUT2D eigenvalue weighted by molar-refractivity contribution is 6.31. The molecule has 5 nitrogen and oxygen atoms in total. The summed E-state index contributed by atoms with van der Waals surface area (Å²) in [6.45, 7) is 1.46. The van der Waals surface area contributed by atoms with Crippen molar-refractivity contribution in [3.05, 3.63) is 52.9 Å². The van der Waals surface area contributed by atoms with Crippen LogP contribution in [-0.4, -0.2) is 21.9 Å². The number of nitrogens with one attached hydrogen (secondary N) is 1. The number of nitrogens with zero attached hydrogens (tertiary/aromatic N) is 3. The van der Waals surface area contributed by atoms with Crippen molar-refractivity contribution in [2.24, 2.45) is 5.84 Å². The van der Waals surface area contributed by atoms with Crippen molar-refractivity contribution < 1.29 is 0 Å². The Morgan fingerprint density at radius 3 is 2.63 bits per heavy atom. The Kier molecular flexibility index (Phi) is 4.68. The van der Waals surface area contributed by atoms with Crippen LogP contribution in [0.2, 0.25) is 5.02 Å². The third kappa shape index (κ3) is 3.89. The second-order valence-electron chi connectivity index (χ2n) is 4.30.